The number of piperidine rings is 1. The number of hydrogen-bond donors (Lipinski definition) is 1. The van der Waals surface area contributed by atoms with Crippen LogP contribution in [0.1, 0.15) is 63.5 Å². The zero-order valence-corrected chi connectivity index (χ0v) is 23.2. The van der Waals surface area contributed by atoms with Gasteiger partial charge in [0.15, 0.2) is 11.5 Å². The summed E-state index contributed by atoms with van der Waals surface area (Å²) in [7, 11) is 3.16. The lowest BCUT2D eigenvalue weighted by molar-refractivity contribution is -0.300. The summed E-state index contributed by atoms with van der Waals surface area (Å²) < 4.78 is 24.6. The van der Waals surface area contributed by atoms with Crippen LogP contribution in [0.25, 0.3) is 0 Å². The van der Waals surface area contributed by atoms with E-state index in [9.17, 15) is 9.90 Å². The number of aliphatic hydroxyl groups is 1. The highest BCUT2D eigenvalue weighted by Gasteiger charge is 2.81. The first kappa shape index (κ1) is 24.9. The molecule has 206 valence electrons. The molecule has 4 bridgehead atoms. The van der Waals surface area contributed by atoms with Gasteiger partial charge in [-0.05, 0) is 82.9 Å². The molecule has 38 heavy (non-hydrogen) atoms. The van der Waals surface area contributed by atoms with Crippen LogP contribution in [0.5, 0.6) is 11.5 Å². The Morgan fingerprint density at radius 3 is 2.71 bits per heavy atom. The van der Waals surface area contributed by atoms with Crippen molar-refractivity contribution in [2.45, 2.75) is 87.6 Å². The maximum Gasteiger partial charge on any atom is 0.336 e. The van der Waals surface area contributed by atoms with E-state index in [4.69, 9.17) is 18.9 Å². The van der Waals surface area contributed by atoms with Gasteiger partial charge in [0.1, 0.15) is 18.3 Å². The molecular formula is C31H41NO6. The topological polar surface area (TPSA) is 77.5 Å². The van der Waals surface area contributed by atoms with E-state index in [1.54, 1.807) is 7.11 Å². The van der Waals surface area contributed by atoms with Crippen LogP contribution in [0.4, 0.5) is 0 Å². The third-order valence-electron chi connectivity index (χ3n) is 11.4. The number of methoxy groups -OCH3 is 2. The number of rotatable bonds is 8. The fourth-order valence-corrected chi connectivity index (χ4v) is 9.70. The molecule has 0 aromatic heterocycles. The second-order valence-corrected chi connectivity index (χ2v) is 13.4. The zero-order chi connectivity index (χ0) is 26.7. The van der Waals surface area contributed by atoms with Crippen molar-refractivity contribution in [2.75, 3.05) is 33.9 Å². The van der Waals surface area contributed by atoms with E-state index in [0.717, 1.165) is 50.3 Å². The largest absolute Gasteiger partial charge is 0.485 e. The van der Waals surface area contributed by atoms with Gasteiger partial charge in [-0.2, -0.15) is 0 Å². The summed E-state index contributed by atoms with van der Waals surface area (Å²) in [6.45, 7) is 10.0. The van der Waals surface area contributed by atoms with Crippen molar-refractivity contribution in [3.8, 4) is 11.5 Å². The lowest BCUT2D eigenvalue weighted by Gasteiger charge is -2.75. The first-order valence-electron chi connectivity index (χ1n) is 14.3. The standard InChI is InChI=1S/C31H41NO6/c1-18(26(33)35-4)17-37-21-9-8-20-14-23-29-10-11-31(36-5,22(15-29)28(2,3)34)27-30(29,24(20)25(21)38-27)12-13-32(23)16-19-6-7-19/h8-9,19,22-23,27,34H,1,6-7,10-17H2,2-5H3/t22-,23-,27-,29+,30+,31+/m1/s1. The number of carbonyl (C=O) groups excluding carboxylic acids is 1. The van der Waals surface area contributed by atoms with E-state index in [0.29, 0.717) is 11.8 Å². The molecule has 0 unspecified atom stereocenters. The molecule has 1 saturated heterocycles. The van der Waals surface area contributed by atoms with E-state index >= 15 is 0 Å². The van der Waals surface area contributed by atoms with Crippen LogP contribution in [0.15, 0.2) is 24.3 Å². The van der Waals surface area contributed by atoms with E-state index in [1.807, 2.05) is 19.9 Å². The summed E-state index contributed by atoms with van der Waals surface area (Å²) in [5.74, 6) is 1.79. The Kier molecular flexibility index (Phi) is 5.23. The average Bonchev–Trinajstić information content (AvgIpc) is 3.64. The normalized spacial score (nSPS) is 38.4. The molecule has 6 atom stereocenters. The minimum Gasteiger partial charge on any atom is -0.485 e. The van der Waals surface area contributed by atoms with Gasteiger partial charge in [-0.25, -0.2) is 4.79 Å². The van der Waals surface area contributed by atoms with E-state index < -0.39 is 17.2 Å². The van der Waals surface area contributed by atoms with Crippen LogP contribution in [-0.4, -0.2) is 73.2 Å². The molecule has 4 saturated carbocycles. The average molecular weight is 524 g/mol. The Morgan fingerprint density at radius 1 is 1.24 bits per heavy atom. The van der Waals surface area contributed by atoms with Crippen molar-refractivity contribution in [3.05, 3.63) is 35.4 Å². The summed E-state index contributed by atoms with van der Waals surface area (Å²) >= 11 is 0. The first-order chi connectivity index (χ1) is 18.1. The smallest absolute Gasteiger partial charge is 0.336 e. The fourth-order valence-electron chi connectivity index (χ4n) is 9.70. The Hall–Kier alpha value is -2.09. The molecule has 5 fully saturated rings. The third-order valence-corrected chi connectivity index (χ3v) is 11.4. The number of hydrogen-bond acceptors (Lipinski definition) is 7. The molecule has 2 aliphatic heterocycles. The van der Waals surface area contributed by atoms with Crippen LogP contribution in [0.3, 0.4) is 0 Å². The van der Waals surface area contributed by atoms with Crippen molar-refractivity contribution in [3.63, 3.8) is 0 Å². The zero-order valence-electron chi connectivity index (χ0n) is 23.2. The van der Waals surface area contributed by atoms with Crippen LogP contribution in [-0.2, 0) is 26.1 Å². The highest BCUT2D eigenvalue weighted by molar-refractivity contribution is 5.87. The Balaban J connectivity index is 1.38. The summed E-state index contributed by atoms with van der Waals surface area (Å²) in [5, 5.41) is 11.6. The van der Waals surface area contributed by atoms with Crippen LogP contribution >= 0.6 is 0 Å². The second kappa shape index (κ2) is 7.98. The number of carbonyl (C=O) groups is 1. The second-order valence-electron chi connectivity index (χ2n) is 13.4. The molecule has 0 radical (unpaired) electrons. The molecule has 5 aliphatic carbocycles. The molecule has 1 aromatic rings. The summed E-state index contributed by atoms with van der Waals surface area (Å²) in [5.41, 5.74) is 1.31. The molecule has 0 amide bonds. The molecule has 7 heteroatoms. The van der Waals surface area contributed by atoms with E-state index in [-0.39, 0.29) is 35.0 Å². The fraction of sp³-hybridized carbons (Fsp3) is 0.710. The Labute approximate surface area is 225 Å². The van der Waals surface area contributed by atoms with Crippen molar-refractivity contribution < 1.29 is 28.8 Å². The third kappa shape index (κ3) is 2.99. The quantitative estimate of drug-likeness (QED) is 0.410. The maximum atomic E-state index is 12.0. The molecular weight excluding hydrogens is 482 g/mol. The molecule has 7 aliphatic rings. The molecule has 1 N–H and O–H groups in total. The van der Waals surface area contributed by atoms with E-state index in [2.05, 4.69) is 17.5 Å². The van der Waals surface area contributed by atoms with Crippen molar-refractivity contribution in [1.29, 1.82) is 0 Å². The molecule has 2 heterocycles. The predicted octanol–water partition coefficient (Wildman–Crippen LogP) is 3.79. The minimum atomic E-state index is -0.892. The highest BCUT2D eigenvalue weighted by Crippen LogP contribution is 2.77. The van der Waals surface area contributed by atoms with Gasteiger partial charge in [-0.3, -0.25) is 4.90 Å². The molecule has 1 aromatic carbocycles. The van der Waals surface area contributed by atoms with Gasteiger partial charge >= 0.3 is 5.97 Å². The molecule has 8 rings (SSSR count). The monoisotopic (exact) mass is 523 g/mol. The Morgan fingerprint density at radius 2 is 2.03 bits per heavy atom. The summed E-state index contributed by atoms with van der Waals surface area (Å²) in [4.78, 5) is 14.8. The summed E-state index contributed by atoms with van der Waals surface area (Å²) in [6.07, 6.45) is 7.46. The van der Waals surface area contributed by atoms with Gasteiger partial charge in [0.2, 0.25) is 0 Å². The molecule has 7 nitrogen and oxygen atoms in total. The first-order valence-corrected chi connectivity index (χ1v) is 14.3. The van der Waals surface area contributed by atoms with E-state index in [1.165, 1.54) is 37.6 Å². The van der Waals surface area contributed by atoms with Gasteiger partial charge in [-0.1, -0.05) is 12.6 Å². The number of likely N-dealkylation sites (tertiary alicyclic amines) is 1. The van der Waals surface area contributed by atoms with Crippen LogP contribution in [0.2, 0.25) is 0 Å². The minimum absolute atomic E-state index is 0.0161. The van der Waals surface area contributed by atoms with Crippen molar-refractivity contribution >= 4 is 5.97 Å². The van der Waals surface area contributed by atoms with Gasteiger partial charge in [0.05, 0.1) is 18.3 Å². The number of ether oxygens (including phenoxy) is 4. The van der Waals surface area contributed by atoms with Gasteiger partial charge < -0.3 is 24.1 Å². The van der Waals surface area contributed by atoms with Gasteiger partial charge in [-0.15, -0.1) is 0 Å². The SMILES string of the molecule is C=C(COc1ccc2c3c1O[C@H]1[C@]4(OC)CC[C@]5(C[C@@H]4C(C)(C)O)[C@@H](C2)N(CC2CC2)CC[C@]315)C(=O)OC. The predicted molar refractivity (Wildman–Crippen MR) is 141 cm³/mol. The Bertz CT molecular complexity index is 1200. The number of benzene rings is 1. The number of esters is 1. The lowest BCUT2D eigenvalue weighted by Crippen LogP contribution is -2.82. The molecule has 2 spiro atoms. The van der Waals surface area contributed by atoms with Crippen molar-refractivity contribution in [1.82, 2.24) is 4.90 Å². The number of fused-ring (bicyclic) bond motifs is 2. The van der Waals surface area contributed by atoms with Crippen LogP contribution < -0.4 is 9.47 Å². The lowest BCUT2D eigenvalue weighted by atomic mass is 9.34. The highest BCUT2D eigenvalue weighted by atomic mass is 16.6. The maximum absolute atomic E-state index is 12.0. The number of nitrogens with zero attached hydrogens (tertiary/aromatic N) is 1. The van der Waals surface area contributed by atoms with Gasteiger partial charge in [0, 0.05) is 42.0 Å². The van der Waals surface area contributed by atoms with Gasteiger partial charge in [0.25, 0.3) is 0 Å². The van der Waals surface area contributed by atoms with Crippen molar-refractivity contribution in [2.24, 2.45) is 17.3 Å². The summed E-state index contributed by atoms with van der Waals surface area (Å²) in [6, 6.07) is 4.66. The van der Waals surface area contributed by atoms with Crippen LogP contribution in [0, 0.1) is 17.3 Å².